The van der Waals surface area contributed by atoms with Gasteiger partial charge in [-0.2, -0.15) is 0 Å². The second-order valence-corrected chi connectivity index (χ2v) is 3.37. The Kier molecular flexibility index (Phi) is 8.57. The molecule has 0 bridgehead atoms. The molecule has 0 aromatic carbocycles. The molecule has 0 heterocycles. The Bertz CT molecular complexity index is 148. The van der Waals surface area contributed by atoms with Crippen molar-refractivity contribution in [3.63, 3.8) is 0 Å². The minimum Gasteiger partial charge on any atom is -0.463 e. The third-order valence-corrected chi connectivity index (χ3v) is 1.62. The first-order valence-electron chi connectivity index (χ1n) is 5.15. The summed E-state index contributed by atoms with van der Waals surface area (Å²) in [6.07, 6.45) is 2.44. The number of unbranched alkanes of at least 4 members (excludes halogenated alkanes) is 1. The van der Waals surface area contributed by atoms with Crippen LogP contribution >= 0.6 is 0 Å². The van der Waals surface area contributed by atoms with Crippen molar-refractivity contribution < 1.29 is 14.3 Å². The van der Waals surface area contributed by atoms with Crippen LogP contribution in [0.2, 0.25) is 0 Å². The van der Waals surface area contributed by atoms with E-state index in [1.165, 1.54) is 0 Å². The van der Waals surface area contributed by atoms with Crippen molar-refractivity contribution in [2.45, 2.75) is 39.2 Å². The SMILES string of the molecule is CCCCOCCOC(=O)CC(C)N. The van der Waals surface area contributed by atoms with Gasteiger partial charge in [0.25, 0.3) is 0 Å². The van der Waals surface area contributed by atoms with Gasteiger partial charge in [0.15, 0.2) is 0 Å². The van der Waals surface area contributed by atoms with E-state index in [1.807, 2.05) is 0 Å². The van der Waals surface area contributed by atoms with Crippen LogP contribution in [0.3, 0.4) is 0 Å². The van der Waals surface area contributed by atoms with Gasteiger partial charge in [-0.05, 0) is 13.3 Å². The van der Waals surface area contributed by atoms with E-state index in [2.05, 4.69) is 6.92 Å². The molecule has 4 nitrogen and oxygen atoms in total. The van der Waals surface area contributed by atoms with E-state index < -0.39 is 0 Å². The normalized spacial score (nSPS) is 12.5. The number of hydrogen-bond donors (Lipinski definition) is 1. The van der Waals surface area contributed by atoms with E-state index in [9.17, 15) is 4.79 Å². The molecule has 0 radical (unpaired) electrons. The van der Waals surface area contributed by atoms with E-state index in [1.54, 1.807) is 6.92 Å². The van der Waals surface area contributed by atoms with Gasteiger partial charge in [0.05, 0.1) is 13.0 Å². The first-order chi connectivity index (χ1) is 6.66. The summed E-state index contributed by atoms with van der Waals surface area (Å²) in [5, 5.41) is 0. The van der Waals surface area contributed by atoms with Crippen molar-refractivity contribution in [3.8, 4) is 0 Å². The highest BCUT2D eigenvalue weighted by Gasteiger charge is 2.05. The fourth-order valence-corrected chi connectivity index (χ4v) is 0.885. The summed E-state index contributed by atoms with van der Waals surface area (Å²) >= 11 is 0. The molecule has 1 unspecified atom stereocenters. The number of rotatable bonds is 8. The second-order valence-electron chi connectivity index (χ2n) is 3.37. The lowest BCUT2D eigenvalue weighted by Crippen LogP contribution is -2.22. The second kappa shape index (κ2) is 8.97. The maximum atomic E-state index is 11.0. The van der Waals surface area contributed by atoms with E-state index in [-0.39, 0.29) is 18.4 Å². The Morgan fingerprint density at radius 3 is 2.64 bits per heavy atom. The van der Waals surface area contributed by atoms with Crippen LogP contribution in [0.15, 0.2) is 0 Å². The quantitative estimate of drug-likeness (QED) is 0.473. The molecule has 0 aromatic rings. The average Bonchev–Trinajstić information content (AvgIpc) is 2.10. The minimum atomic E-state index is -0.251. The number of nitrogens with two attached hydrogens (primary N) is 1. The molecule has 0 amide bonds. The van der Waals surface area contributed by atoms with Gasteiger partial charge in [-0.1, -0.05) is 13.3 Å². The van der Waals surface area contributed by atoms with Crippen molar-refractivity contribution in [1.82, 2.24) is 0 Å². The highest BCUT2D eigenvalue weighted by Crippen LogP contribution is 1.92. The first-order valence-corrected chi connectivity index (χ1v) is 5.15. The summed E-state index contributed by atoms with van der Waals surface area (Å²) in [4.78, 5) is 11.0. The molecule has 1 atom stereocenters. The van der Waals surface area contributed by atoms with Gasteiger partial charge in [0.1, 0.15) is 6.61 Å². The number of hydrogen-bond acceptors (Lipinski definition) is 4. The van der Waals surface area contributed by atoms with Gasteiger partial charge in [-0.3, -0.25) is 4.79 Å². The van der Waals surface area contributed by atoms with Crippen molar-refractivity contribution in [2.75, 3.05) is 19.8 Å². The number of ether oxygens (including phenoxy) is 2. The standard InChI is InChI=1S/C10H21NO3/c1-3-4-5-13-6-7-14-10(12)8-9(2)11/h9H,3-8,11H2,1-2H3. The topological polar surface area (TPSA) is 61.5 Å². The van der Waals surface area contributed by atoms with Gasteiger partial charge in [0, 0.05) is 12.6 Å². The van der Waals surface area contributed by atoms with Gasteiger partial charge >= 0.3 is 5.97 Å². The summed E-state index contributed by atoms with van der Waals surface area (Å²) in [6.45, 7) is 5.42. The Morgan fingerprint density at radius 1 is 1.36 bits per heavy atom. The van der Waals surface area contributed by atoms with Crippen molar-refractivity contribution in [1.29, 1.82) is 0 Å². The Morgan fingerprint density at radius 2 is 2.07 bits per heavy atom. The summed E-state index contributed by atoms with van der Waals surface area (Å²) in [6, 6.07) is -0.136. The van der Waals surface area contributed by atoms with Crippen LogP contribution in [0.5, 0.6) is 0 Å². The van der Waals surface area contributed by atoms with E-state index in [0.717, 1.165) is 19.4 Å². The molecule has 0 rings (SSSR count). The maximum absolute atomic E-state index is 11.0. The van der Waals surface area contributed by atoms with Crippen LogP contribution in [0.4, 0.5) is 0 Å². The number of carbonyl (C=O) groups excluding carboxylic acids is 1. The lowest BCUT2D eigenvalue weighted by molar-refractivity contribution is -0.145. The molecular weight excluding hydrogens is 182 g/mol. The molecule has 2 N–H and O–H groups in total. The predicted molar refractivity (Wildman–Crippen MR) is 55.0 cm³/mol. The van der Waals surface area contributed by atoms with Crippen molar-refractivity contribution >= 4 is 5.97 Å². The van der Waals surface area contributed by atoms with Crippen molar-refractivity contribution in [2.24, 2.45) is 5.73 Å². The van der Waals surface area contributed by atoms with Crippen LogP contribution in [0.25, 0.3) is 0 Å². The zero-order valence-corrected chi connectivity index (χ0v) is 9.12. The largest absolute Gasteiger partial charge is 0.463 e. The highest BCUT2D eigenvalue weighted by molar-refractivity contribution is 5.69. The third kappa shape index (κ3) is 9.48. The number of esters is 1. The Labute approximate surface area is 85.8 Å². The zero-order valence-electron chi connectivity index (χ0n) is 9.12. The Balaban J connectivity index is 3.15. The first kappa shape index (κ1) is 13.4. The van der Waals surface area contributed by atoms with Crippen molar-refractivity contribution in [3.05, 3.63) is 0 Å². The van der Waals surface area contributed by atoms with Gasteiger partial charge in [-0.25, -0.2) is 0 Å². The summed E-state index contributed by atoms with van der Waals surface area (Å²) < 4.78 is 10.1. The minimum absolute atomic E-state index is 0.136. The fraction of sp³-hybridized carbons (Fsp3) is 0.900. The number of carbonyl (C=O) groups is 1. The fourth-order valence-electron chi connectivity index (χ4n) is 0.885. The molecule has 0 saturated heterocycles. The average molecular weight is 203 g/mol. The summed E-state index contributed by atoms with van der Waals surface area (Å²) in [7, 11) is 0. The molecular formula is C10H21NO3. The van der Waals surface area contributed by atoms with Crippen LogP contribution in [0, 0.1) is 0 Å². The van der Waals surface area contributed by atoms with Crippen LogP contribution in [-0.4, -0.2) is 31.8 Å². The molecule has 0 fully saturated rings. The molecule has 84 valence electrons. The molecule has 0 aliphatic heterocycles. The molecule has 0 spiro atoms. The molecule has 0 aliphatic rings. The van der Waals surface area contributed by atoms with E-state index >= 15 is 0 Å². The maximum Gasteiger partial charge on any atom is 0.307 e. The van der Waals surface area contributed by atoms with E-state index in [0.29, 0.717) is 13.2 Å². The third-order valence-electron chi connectivity index (χ3n) is 1.62. The lowest BCUT2D eigenvalue weighted by Gasteiger charge is -2.07. The molecule has 0 aliphatic carbocycles. The molecule has 0 saturated carbocycles. The molecule has 0 aromatic heterocycles. The van der Waals surface area contributed by atoms with Gasteiger partial charge < -0.3 is 15.2 Å². The summed E-state index contributed by atoms with van der Waals surface area (Å²) in [5.74, 6) is -0.251. The van der Waals surface area contributed by atoms with Crippen LogP contribution in [-0.2, 0) is 14.3 Å². The monoisotopic (exact) mass is 203 g/mol. The van der Waals surface area contributed by atoms with Crippen LogP contribution in [0.1, 0.15) is 33.1 Å². The molecule has 4 heteroatoms. The highest BCUT2D eigenvalue weighted by atomic mass is 16.6. The smallest absolute Gasteiger partial charge is 0.307 e. The van der Waals surface area contributed by atoms with Crippen LogP contribution < -0.4 is 5.73 Å². The lowest BCUT2D eigenvalue weighted by atomic mass is 10.3. The summed E-state index contributed by atoms with van der Waals surface area (Å²) in [5.41, 5.74) is 5.43. The molecule has 14 heavy (non-hydrogen) atoms. The predicted octanol–water partition coefficient (Wildman–Crippen LogP) is 1.08. The Hall–Kier alpha value is -0.610. The van der Waals surface area contributed by atoms with E-state index in [4.69, 9.17) is 15.2 Å². The van der Waals surface area contributed by atoms with Gasteiger partial charge in [0.2, 0.25) is 0 Å². The zero-order chi connectivity index (χ0) is 10.8. The van der Waals surface area contributed by atoms with Gasteiger partial charge in [-0.15, -0.1) is 0 Å².